The Morgan fingerprint density at radius 3 is 2.36 bits per heavy atom. The van der Waals surface area contributed by atoms with Crippen LogP contribution in [0.15, 0.2) is 18.2 Å². The second-order valence-electron chi connectivity index (χ2n) is 4.22. The third kappa shape index (κ3) is 3.46. The van der Waals surface area contributed by atoms with Crippen molar-refractivity contribution in [1.29, 1.82) is 0 Å². The monoisotopic (exact) mass is 360 g/mol. The number of alkyl halides is 5. The molecule has 120 valence electrons. The maximum atomic E-state index is 13.4. The summed E-state index contributed by atoms with van der Waals surface area (Å²) in [6.07, 6.45) is -7.64. The standard InChI is InChI=1S/C12H7ClF6N2S/c1-21(7-3-5(10(15)16)2-6(14)4-7)11-20-8(9(13)22-11)12(17,18)19/h2-4,10H,1H3. The molecule has 0 fully saturated rings. The van der Waals surface area contributed by atoms with Gasteiger partial charge in [0.2, 0.25) is 0 Å². The van der Waals surface area contributed by atoms with Crippen molar-refractivity contribution >= 4 is 33.8 Å². The van der Waals surface area contributed by atoms with E-state index in [9.17, 15) is 26.3 Å². The summed E-state index contributed by atoms with van der Waals surface area (Å²) in [5.41, 5.74) is -1.92. The quantitative estimate of drug-likeness (QED) is 0.656. The lowest BCUT2D eigenvalue weighted by Crippen LogP contribution is -2.12. The zero-order chi connectivity index (χ0) is 16.7. The van der Waals surface area contributed by atoms with Crippen LogP contribution < -0.4 is 4.90 Å². The molecule has 0 N–H and O–H groups in total. The van der Waals surface area contributed by atoms with Crippen LogP contribution in [0.2, 0.25) is 4.34 Å². The first kappa shape index (κ1) is 16.9. The van der Waals surface area contributed by atoms with E-state index in [1.807, 2.05) is 0 Å². The molecule has 2 nitrogen and oxygen atoms in total. The highest BCUT2D eigenvalue weighted by Gasteiger charge is 2.37. The number of thiazole rings is 1. The Bertz CT molecular complexity index is 685. The molecule has 1 heterocycles. The van der Waals surface area contributed by atoms with Gasteiger partial charge in [0.15, 0.2) is 10.8 Å². The normalized spacial score (nSPS) is 12.0. The maximum absolute atomic E-state index is 13.4. The molecule has 0 aliphatic rings. The number of aromatic nitrogens is 1. The van der Waals surface area contributed by atoms with Crippen molar-refractivity contribution in [1.82, 2.24) is 4.98 Å². The number of benzene rings is 1. The Labute approximate surface area is 129 Å². The summed E-state index contributed by atoms with van der Waals surface area (Å²) in [5.74, 6) is -0.932. The molecule has 0 radical (unpaired) electrons. The lowest BCUT2D eigenvalue weighted by Gasteiger charge is -2.17. The third-order valence-electron chi connectivity index (χ3n) is 2.67. The molecule has 0 atom stereocenters. The van der Waals surface area contributed by atoms with Crippen molar-refractivity contribution in [2.75, 3.05) is 11.9 Å². The van der Waals surface area contributed by atoms with Gasteiger partial charge in [-0.2, -0.15) is 13.2 Å². The molecule has 0 amide bonds. The average Bonchev–Trinajstić information content (AvgIpc) is 2.79. The minimum absolute atomic E-state index is 0.0607. The first-order valence-corrected chi connectivity index (χ1v) is 6.85. The Morgan fingerprint density at radius 2 is 1.86 bits per heavy atom. The summed E-state index contributed by atoms with van der Waals surface area (Å²) in [7, 11) is 1.28. The van der Waals surface area contributed by atoms with Crippen LogP contribution >= 0.6 is 22.9 Å². The summed E-state index contributed by atoms with van der Waals surface area (Å²) in [5, 5.41) is -0.192. The van der Waals surface area contributed by atoms with Gasteiger partial charge in [0.1, 0.15) is 10.2 Å². The molecule has 1 aromatic heterocycles. The average molecular weight is 361 g/mol. The molecule has 10 heteroatoms. The van der Waals surface area contributed by atoms with Crippen LogP contribution in [0.5, 0.6) is 0 Å². The van der Waals surface area contributed by atoms with Crippen LogP contribution in [-0.2, 0) is 6.18 Å². The van der Waals surface area contributed by atoms with Crippen molar-refractivity contribution in [3.05, 3.63) is 39.6 Å². The van der Waals surface area contributed by atoms with Gasteiger partial charge in [0.05, 0.1) is 0 Å². The van der Waals surface area contributed by atoms with Crippen molar-refractivity contribution in [3.63, 3.8) is 0 Å². The zero-order valence-corrected chi connectivity index (χ0v) is 12.3. The van der Waals surface area contributed by atoms with Gasteiger partial charge in [-0.3, -0.25) is 0 Å². The van der Waals surface area contributed by atoms with Gasteiger partial charge < -0.3 is 4.90 Å². The van der Waals surface area contributed by atoms with Gasteiger partial charge in [0.25, 0.3) is 6.43 Å². The number of nitrogens with zero attached hydrogens (tertiary/aromatic N) is 2. The Morgan fingerprint density at radius 1 is 1.23 bits per heavy atom. The predicted molar refractivity (Wildman–Crippen MR) is 71.5 cm³/mol. The van der Waals surface area contributed by atoms with E-state index in [4.69, 9.17) is 11.6 Å². The van der Waals surface area contributed by atoms with Crippen LogP contribution in [0.4, 0.5) is 37.2 Å². The first-order chi connectivity index (χ1) is 10.1. The van der Waals surface area contributed by atoms with E-state index >= 15 is 0 Å². The third-order valence-corrected chi connectivity index (χ3v) is 4.00. The van der Waals surface area contributed by atoms with Crippen molar-refractivity contribution in [2.45, 2.75) is 12.6 Å². The van der Waals surface area contributed by atoms with Crippen LogP contribution in [-0.4, -0.2) is 12.0 Å². The minimum atomic E-state index is -4.73. The molecule has 2 aromatic rings. The summed E-state index contributed by atoms with van der Waals surface area (Å²) in [4.78, 5) is 4.40. The van der Waals surface area contributed by atoms with E-state index in [-0.39, 0.29) is 10.8 Å². The van der Waals surface area contributed by atoms with E-state index < -0.39 is 34.0 Å². The Balaban J connectivity index is 2.42. The fourth-order valence-electron chi connectivity index (χ4n) is 1.64. The van der Waals surface area contributed by atoms with Crippen molar-refractivity contribution in [2.24, 2.45) is 0 Å². The highest BCUT2D eigenvalue weighted by Crippen LogP contribution is 2.41. The smallest absolute Gasteiger partial charge is 0.321 e. The number of hydrogen-bond acceptors (Lipinski definition) is 3. The molecule has 0 saturated heterocycles. The zero-order valence-electron chi connectivity index (χ0n) is 10.8. The maximum Gasteiger partial charge on any atom is 0.435 e. The number of rotatable bonds is 3. The second-order valence-corrected chi connectivity index (χ2v) is 5.80. The Hall–Kier alpha value is -1.48. The van der Waals surface area contributed by atoms with Crippen LogP contribution in [0.3, 0.4) is 0 Å². The van der Waals surface area contributed by atoms with Crippen LogP contribution in [0, 0.1) is 5.82 Å². The summed E-state index contributed by atoms with van der Waals surface area (Å²) < 4.78 is 76.0. The highest BCUT2D eigenvalue weighted by atomic mass is 35.5. The summed E-state index contributed by atoms with van der Waals surface area (Å²) >= 11 is 6.00. The molecular weight excluding hydrogens is 354 g/mol. The van der Waals surface area contributed by atoms with Crippen molar-refractivity contribution < 1.29 is 26.3 Å². The van der Waals surface area contributed by atoms with Gasteiger partial charge in [-0.15, -0.1) is 0 Å². The summed E-state index contributed by atoms with van der Waals surface area (Å²) in [6, 6.07) is 2.53. The van der Waals surface area contributed by atoms with E-state index in [1.165, 1.54) is 7.05 Å². The van der Waals surface area contributed by atoms with E-state index in [0.717, 1.165) is 17.0 Å². The highest BCUT2D eigenvalue weighted by molar-refractivity contribution is 7.19. The molecule has 1 aromatic carbocycles. The topological polar surface area (TPSA) is 16.1 Å². The number of anilines is 2. The van der Waals surface area contributed by atoms with Crippen molar-refractivity contribution in [3.8, 4) is 0 Å². The predicted octanol–water partition coefficient (Wildman–Crippen LogP) is 5.66. The number of halogens is 7. The molecule has 2 rings (SSSR count). The van der Waals surface area contributed by atoms with Gasteiger partial charge in [-0.25, -0.2) is 18.2 Å². The van der Waals surface area contributed by atoms with Gasteiger partial charge in [-0.05, 0) is 18.2 Å². The largest absolute Gasteiger partial charge is 0.435 e. The fraction of sp³-hybridized carbons (Fsp3) is 0.250. The van der Waals surface area contributed by atoms with Gasteiger partial charge in [0, 0.05) is 18.3 Å². The van der Waals surface area contributed by atoms with Crippen LogP contribution in [0.25, 0.3) is 0 Å². The lowest BCUT2D eigenvalue weighted by molar-refractivity contribution is -0.140. The van der Waals surface area contributed by atoms with E-state index in [2.05, 4.69) is 4.98 Å². The van der Waals surface area contributed by atoms with Gasteiger partial charge >= 0.3 is 6.18 Å². The molecular formula is C12H7ClF6N2S. The van der Waals surface area contributed by atoms with Crippen LogP contribution in [0.1, 0.15) is 17.7 Å². The Kier molecular flexibility index (Phi) is 4.57. The summed E-state index contributed by atoms with van der Waals surface area (Å²) in [6.45, 7) is 0. The van der Waals surface area contributed by atoms with E-state index in [0.29, 0.717) is 17.4 Å². The molecule has 0 aliphatic carbocycles. The molecule has 0 saturated carbocycles. The lowest BCUT2D eigenvalue weighted by atomic mass is 10.2. The minimum Gasteiger partial charge on any atom is -0.321 e. The molecule has 0 aliphatic heterocycles. The number of hydrogen-bond donors (Lipinski definition) is 0. The second kappa shape index (κ2) is 5.96. The molecule has 0 bridgehead atoms. The van der Waals surface area contributed by atoms with E-state index in [1.54, 1.807) is 0 Å². The molecule has 22 heavy (non-hydrogen) atoms. The first-order valence-electron chi connectivity index (χ1n) is 5.65. The molecule has 0 spiro atoms. The fourth-order valence-corrected chi connectivity index (χ4v) is 2.79. The van der Waals surface area contributed by atoms with Gasteiger partial charge in [-0.1, -0.05) is 22.9 Å². The molecule has 0 unspecified atom stereocenters. The SMILES string of the molecule is CN(c1cc(F)cc(C(F)F)c1)c1nc(C(F)(F)F)c(Cl)s1.